The molecule has 6 aliphatic rings. The first-order chi connectivity index (χ1) is 20.6. The summed E-state index contributed by atoms with van der Waals surface area (Å²) in [6, 6.07) is 10.8. The van der Waals surface area contributed by atoms with Crippen molar-refractivity contribution in [2.24, 2.45) is 40.9 Å². The number of allylic oxidation sites excluding steroid dienone is 1. The van der Waals surface area contributed by atoms with E-state index >= 15 is 0 Å². The third-order valence-electron chi connectivity index (χ3n) is 13.8. The average Bonchev–Trinajstić information content (AvgIpc) is 3.51. The van der Waals surface area contributed by atoms with E-state index in [-0.39, 0.29) is 17.6 Å². The van der Waals surface area contributed by atoms with Crippen LogP contribution in [0.15, 0.2) is 41.5 Å². The van der Waals surface area contributed by atoms with Gasteiger partial charge < -0.3 is 9.64 Å². The standard InChI is InChI=1S/C38H54N2O3/c1-24-19-34-36(40(22-24)23-35(42)39(5)18-15-27-9-7-6-8-10-27)26(3)38(43-34)17-14-30-31-12-11-28-20-29(41)13-16-37(28,4)33(31)21-32(30)25(38)2/h6-10,24,26,28,30-31,33-34,36H,11-23H2,1-5H3/t24-,26+,28+,30-,31?,33-,34+,36?,37-,38-/m0/s1. The second kappa shape index (κ2) is 11.1. The largest absolute Gasteiger partial charge is 0.365 e. The zero-order chi connectivity index (χ0) is 30.1. The molecule has 1 aromatic rings. The van der Waals surface area contributed by atoms with Crippen LogP contribution in [0, 0.1) is 40.9 Å². The fourth-order valence-electron chi connectivity index (χ4n) is 11.4. The smallest absolute Gasteiger partial charge is 0.236 e. The molecule has 5 heteroatoms. The molecule has 5 nitrogen and oxygen atoms in total. The van der Waals surface area contributed by atoms with E-state index in [1.807, 2.05) is 18.0 Å². The highest BCUT2D eigenvalue weighted by molar-refractivity contribution is 5.79. The van der Waals surface area contributed by atoms with Crippen molar-refractivity contribution in [3.05, 3.63) is 47.0 Å². The highest BCUT2D eigenvalue weighted by Crippen LogP contribution is 2.66. The molecule has 5 fully saturated rings. The summed E-state index contributed by atoms with van der Waals surface area (Å²) in [5.74, 6) is 4.44. The molecule has 4 aliphatic carbocycles. The number of carbonyl (C=O) groups excluding carboxylic acids is 2. The lowest BCUT2D eigenvalue weighted by molar-refractivity contribution is -0.133. The van der Waals surface area contributed by atoms with Crippen LogP contribution in [0.1, 0.15) is 91.0 Å². The molecular formula is C38H54N2O3. The lowest BCUT2D eigenvalue weighted by Gasteiger charge is -2.52. The van der Waals surface area contributed by atoms with Crippen molar-refractivity contribution in [3.63, 3.8) is 0 Å². The third-order valence-corrected chi connectivity index (χ3v) is 13.8. The van der Waals surface area contributed by atoms with Crippen molar-refractivity contribution >= 4 is 11.7 Å². The molecule has 2 heterocycles. The summed E-state index contributed by atoms with van der Waals surface area (Å²) in [4.78, 5) is 30.4. The van der Waals surface area contributed by atoms with Crippen molar-refractivity contribution in [2.45, 2.75) is 110 Å². The van der Waals surface area contributed by atoms with Crippen LogP contribution in [0.25, 0.3) is 0 Å². The van der Waals surface area contributed by atoms with Crippen molar-refractivity contribution in [2.75, 3.05) is 26.7 Å². The summed E-state index contributed by atoms with van der Waals surface area (Å²) < 4.78 is 7.30. The van der Waals surface area contributed by atoms with Crippen LogP contribution in [0.4, 0.5) is 0 Å². The quantitative estimate of drug-likeness (QED) is 0.360. The first-order valence-corrected chi connectivity index (χ1v) is 17.5. The number of hydrogen-bond donors (Lipinski definition) is 0. The fraction of sp³-hybridized carbons (Fsp3) is 0.737. The second-order valence-electron chi connectivity index (χ2n) is 15.9. The van der Waals surface area contributed by atoms with Gasteiger partial charge in [-0.2, -0.15) is 0 Å². The number of amides is 1. The van der Waals surface area contributed by atoms with Crippen LogP contribution >= 0.6 is 0 Å². The summed E-state index contributed by atoms with van der Waals surface area (Å²) in [6.45, 7) is 12.0. The highest BCUT2D eigenvalue weighted by Gasteiger charge is 2.62. The number of likely N-dealkylation sites (tertiary alicyclic amines) is 1. The summed E-state index contributed by atoms with van der Waals surface area (Å²) in [6.07, 6.45) is 11.0. The number of Topliss-reactive ketones (excluding diaryl/α,β-unsaturated/α-hetero) is 1. The minimum absolute atomic E-state index is 0.192. The van der Waals surface area contributed by atoms with Crippen LogP contribution in [-0.2, 0) is 20.7 Å². The summed E-state index contributed by atoms with van der Waals surface area (Å²) >= 11 is 0. The van der Waals surface area contributed by atoms with Crippen molar-refractivity contribution < 1.29 is 14.3 Å². The van der Waals surface area contributed by atoms with E-state index in [9.17, 15) is 9.59 Å². The van der Waals surface area contributed by atoms with Gasteiger partial charge in [0.15, 0.2) is 0 Å². The molecule has 2 saturated heterocycles. The van der Waals surface area contributed by atoms with Gasteiger partial charge in [0.05, 0.1) is 18.2 Å². The molecule has 1 spiro atoms. The predicted octanol–water partition coefficient (Wildman–Crippen LogP) is 6.70. The van der Waals surface area contributed by atoms with Crippen molar-refractivity contribution in [1.82, 2.24) is 9.80 Å². The fourth-order valence-corrected chi connectivity index (χ4v) is 11.4. The Balaban J connectivity index is 1.09. The minimum Gasteiger partial charge on any atom is -0.365 e. The number of ether oxygens (including phenoxy) is 1. The monoisotopic (exact) mass is 586 g/mol. The summed E-state index contributed by atoms with van der Waals surface area (Å²) in [5, 5.41) is 0. The molecular weight excluding hydrogens is 532 g/mol. The molecule has 3 saturated carbocycles. The molecule has 7 rings (SSSR count). The van der Waals surface area contributed by atoms with Gasteiger partial charge in [-0.15, -0.1) is 0 Å². The maximum atomic E-state index is 13.5. The van der Waals surface area contributed by atoms with Crippen molar-refractivity contribution in [1.29, 1.82) is 0 Å². The Morgan fingerprint density at radius 3 is 2.67 bits per heavy atom. The Morgan fingerprint density at radius 2 is 1.88 bits per heavy atom. The van der Waals surface area contributed by atoms with Gasteiger partial charge in [0.25, 0.3) is 0 Å². The van der Waals surface area contributed by atoms with Gasteiger partial charge in [0.2, 0.25) is 5.91 Å². The lowest BCUT2D eigenvalue weighted by atomic mass is 9.52. The molecule has 43 heavy (non-hydrogen) atoms. The van der Waals surface area contributed by atoms with Gasteiger partial charge in [-0.25, -0.2) is 0 Å². The Labute approximate surface area is 259 Å². The van der Waals surface area contributed by atoms with Gasteiger partial charge in [0.1, 0.15) is 5.78 Å². The number of piperidine rings is 1. The number of ketones is 1. The van der Waals surface area contributed by atoms with Gasteiger partial charge in [-0.3, -0.25) is 14.5 Å². The van der Waals surface area contributed by atoms with E-state index in [2.05, 4.69) is 56.9 Å². The lowest BCUT2D eigenvalue weighted by Crippen LogP contribution is -2.55. The van der Waals surface area contributed by atoms with E-state index in [0.29, 0.717) is 47.5 Å². The number of carbonyl (C=O) groups is 2. The number of likely N-dealkylation sites (N-methyl/N-ethyl adjacent to an activating group) is 1. The van der Waals surface area contributed by atoms with Crippen LogP contribution in [0.3, 0.4) is 0 Å². The maximum Gasteiger partial charge on any atom is 0.236 e. The van der Waals surface area contributed by atoms with E-state index in [1.165, 1.54) is 31.2 Å². The van der Waals surface area contributed by atoms with Gasteiger partial charge in [-0.1, -0.05) is 56.7 Å². The normalized spacial score (nSPS) is 42.4. The number of nitrogens with zero attached hydrogens (tertiary/aromatic N) is 2. The number of fused-ring (bicyclic) bond motifs is 6. The Kier molecular flexibility index (Phi) is 7.69. The van der Waals surface area contributed by atoms with E-state index in [1.54, 1.807) is 11.1 Å². The molecule has 1 amide bonds. The van der Waals surface area contributed by atoms with Crippen molar-refractivity contribution in [3.8, 4) is 0 Å². The Morgan fingerprint density at radius 1 is 1.09 bits per heavy atom. The molecule has 2 aliphatic heterocycles. The average molecular weight is 587 g/mol. The third kappa shape index (κ3) is 4.87. The zero-order valence-corrected chi connectivity index (χ0v) is 27.3. The first-order valence-electron chi connectivity index (χ1n) is 17.5. The summed E-state index contributed by atoms with van der Waals surface area (Å²) in [7, 11) is 1.97. The first kappa shape index (κ1) is 29.7. The number of rotatable bonds is 5. The topological polar surface area (TPSA) is 49.9 Å². The highest BCUT2D eigenvalue weighted by atomic mass is 16.5. The molecule has 0 bridgehead atoms. The van der Waals surface area contributed by atoms with Gasteiger partial charge in [0, 0.05) is 44.9 Å². The van der Waals surface area contributed by atoms with Gasteiger partial charge in [-0.05, 0) is 104 Å². The van der Waals surface area contributed by atoms with Gasteiger partial charge >= 0.3 is 0 Å². The van der Waals surface area contributed by atoms with E-state index in [4.69, 9.17) is 4.74 Å². The van der Waals surface area contributed by atoms with E-state index < -0.39 is 0 Å². The SMILES string of the molecule is CC1=C2C[C@H]3C(CC[C@@H]4CC(=O)CC[C@@]43C)[C@@H]2CC[C@]12O[C@@H]1C[C@H](C)CN(CC(=O)N(C)CCc3ccccc3)C1[C@H]2C. The number of hydrogen-bond acceptors (Lipinski definition) is 4. The Hall–Kier alpha value is -1.98. The summed E-state index contributed by atoms with van der Waals surface area (Å²) in [5.41, 5.74) is 4.68. The molecule has 0 N–H and O–H groups in total. The molecule has 10 atom stereocenters. The maximum absolute atomic E-state index is 13.5. The van der Waals surface area contributed by atoms with E-state index in [0.717, 1.165) is 63.5 Å². The van der Waals surface area contributed by atoms with Crippen LogP contribution in [-0.4, -0.2) is 65.9 Å². The second-order valence-corrected chi connectivity index (χ2v) is 15.9. The molecule has 234 valence electrons. The predicted molar refractivity (Wildman–Crippen MR) is 170 cm³/mol. The minimum atomic E-state index is -0.192. The molecule has 0 radical (unpaired) electrons. The molecule has 0 aromatic heterocycles. The Bertz CT molecular complexity index is 1270. The van der Waals surface area contributed by atoms with Crippen LogP contribution in [0.5, 0.6) is 0 Å². The van der Waals surface area contributed by atoms with Crippen LogP contribution in [0.2, 0.25) is 0 Å². The molecule has 2 unspecified atom stereocenters. The number of benzene rings is 1. The molecule has 1 aromatic carbocycles. The zero-order valence-electron chi connectivity index (χ0n) is 27.3. The van der Waals surface area contributed by atoms with Crippen LogP contribution < -0.4 is 0 Å².